The van der Waals surface area contributed by atoms with Crippen LogP contribution in [0.1, 0.15) is 39.0 Å². The van der Waals surface area contributed by atoms with E-state index >= 15 is 0 Å². The van der Waals surface area contributed by atoms with Gasteiger partial charge >= 0.3 is 6.03 Å². The number of urea groups is 1. The molecule has 3 N–H and O–H groups in total. The molecule has 1 rings (SSSR count). The molecule has 0 radical (unpaired) electrons. The molecule has 88 valence electrons. The molecule has 1 saturated heterocycles. The second-order valence-corrected chi connectivity index (χ2v) is 4.13. The molecule has 0 aromatic heterocycles. The minimum absolute atomic E-state index is 0.00431. The van der Waals surface area contributed by atoms with Gasteiger partial charge in [-0.2, -0.15) is 0 Å². The lowest BCUT2D eigenvalue weighted by Crippen LogP contribution is -2.42. The van der Waals surface area contributed by atoms with Crippen molar-refractivity contribution < 1.29 is 4.79 Å². The van der Waals surface area contributed by atoms with E-state index < -0.39 is 0 Å². The molecule has 1 atom stereocenters. The van der Waals surface area contributed by atoms with E-state index in [0.29, 0.717) is 6.04 Å². The normalized spacial score (nSPS) is 21.8. The van der Waals surface area contributed by atoms with Crippen molar-refractivity contribution in [2.24, 2.45) is 0 Å². The van der Waals surface area contributed by atoms with Crippen LogP contribution < -0.4 is 16.0 Å². The molecule has 15 heavy (non-hydrogen) atoms. The van der Waals surface area contributed by atoms with E-state index in [2.05, 4.69) is 22.9 Å². The fourth-order valence-electron chi connectivity index (χ4n) is 1.78. The Morgan fingerprint density at radius 3 is 3.07 bits per heavy atom. The molecule has 1 heterocycles. The summed E-state index contributed by atoms with van der Waals surface area (Å²) in [7, 11) is 0. The van der Waals surface area contributed by atoms with Crippen molar-refractivity contribution in [3.05, 3.63) is 0 Å². The highest BCUT2D eigenvalue weighted by atomic mass is 16.2. The van der Waals surface area contributed by atoms with Gasteiger partial charge in [-0.15, -0.1) is 0 Å². The van der Waals surface area contributed by atoms with Gasteiger partial charge in [-0.1, -0.05) is 13.3 Å². The summed E-state index contributed by atoms with van der Waals surface area (Å²) < 4.78 is 0. The Labute approximate surface area is 92.2 Å². The first-order chi connectivity index (χ1) is 7.33. The third kappa shape index (κ3) is 5.62. The van der Waals surface area contributed by atoms with E-state index in [9.17, 15) is 4.79 Å². The van der Waals surface area contributed by atoms with Crippen LogP contribution in [0.25, 0.3) is 0 Å². The molecule has 2 amide bonds. The van der Waals surface area contributed by atoms with Crippen LogP contribution in [0.5, 0.6) is 0 Å². The van der Waals surface area contributed by atoms with Crippen LogP contribution >= 0.6 is 0 Å². The zero-order chi connectivity index (χ0) is 10.9. The fourth-order valence-corrected chi connectivity index (χ4v) is 1.78. The maximum atomic E-state index is 11.5. The van der Waals surface area contributed by atoms with E-state index in [1.165, 1.54) is 0 Å². The Morgan fingerprint density at radius 1 is 1.40 bits per heavy atom. The summed E-state index contributed by atoms with van der Waals surface area (Å²) >= 11 is 0. The summed E-state index contributed by atoms with van der Waals surface area (Å²) in [6, 6.07) is 0.344. The average Bonchev–Trinajstić information content (AvgIpc) is 2.47. The van der Waals surface area contributed by atoms with Gasteiger partial charge in [-0.05, 0) is 38.8 Å². The van der Waals surface area contributed by atoms with Crippen molar-refractivity contribution in [3.8, 4) is 0 Å². The van der Waals surface area contributed by atoms with E-state index in [1.54, 1.807) is 0 Å². The predicted octanol–water partition coefficient (Wildman–Crippen LogP) is 1.23. The van der Waals surface area contributed by atoms with Crippen molar-refractivity contribution in [2.45, 2.75) is 45.1 Å². The molecule has 4 heteroatoms. The van der Waals surface area contributed by atoms with Crippen molar-refractivity contribution in [1.82, 2.24) is 16.0 Å². The van der Waals surface area contributed by atoms with Crippen molar-refractivity contribution in [2.75, 3.05) is 19.6 Å². The van der Waals surface area contributed by atoms with Gasteiger partial charge in [-0.25, -0.2) is 4.79 Å². The smallest absolute Gasteiger partial charge is 0.315 e. The largest absolute Gasteiger partial charge is 0.338 e. The van der Waals surface area contributed by atoms with Gasteiger partial charge in [0.2, 0.25) is 0 Å². The lowest BCUT2D eigenvalue weighted by atomic mass is 10.1. The predicted molar refractivity (Wildman–Crippen MR) is 62.0 cm³/mol. The topological polar surface area (TPSA) is 53.2 Å². The first-order valence-electron chi connectivity index (χ1n) is 6.08. The third-order valence-electron chi connectivity index (χ3n) is 2.73. The number of unbranched alkanes of at least 4 members (excludes halogenated alkanes) is 1. The van der Waals surface area contributed by atoms with E-state index in [0.717, 1.165) is 51.7 Å². The highest BCUT2D eigenvalue weighted by Crippen LogP contribution is 2.04. The molecule has 0 aromatic carbocycles. The third-order valence-corrected chi connectivity index (χ3v) is 2.73. The number of nitrogens with one attached hydrogen (secondary N) is 3. The molecule has 0 saturated carbocycles. The van der Waals surface area contributed by atoms with Crippen LogP contribution in [0, 0.1) is 0 Å². The number of hydrogen-bond acceptors (Lipinski definition) is 2. The van der Waals surface area contributed by atoms with Gasteiger partial charge in [0.15, 0.2) is 0 Å². The lowest BCUT2D eigenvalue weighted by Gasteiger charge is -2.16. The Kier molecular flexibility index (Phi) is 6.16. The minimum Gasteiger partial charge on any atom is -0.338 e. The Morgan fingerprint density at radius 2 is 2.27 bits per heavy atom. The molecule has 0 aromatic rings. The second-order valence-electron chi connectivity index (χ2n) is 4.13. The highest BCUT2D eigenvalue weighted by Gasteiger charge is 2.13. The number of carbonyl (C=O) groups is 1. The quantitative estimate of drug-likeness (QED) is 0.615. The van der Waals surface area contributed by atoms with Gasteiger partial charge in [0, 0.05) is 12.6 Å². The van der Waals surface area contributed by atoms with Gasteiger partial charge in [-0.3, -0.25) is 0 Å². The average molecular weight is 213 g/mol. The number of hydrogen-bond donors (Lipinski definition) is 3. The van der Waals surface area contributed by atoms with E-state index in [-0.39, 0.29) is 6.03 Å². The maximum absolute atomic E-state index is 11.5. The van der Waals surface area contributed by atoms with Gasteiger partial charge in [0.25, 0.3) is 0 Å². The zero-order valence-corrected chi connectivity index (χ0v) is 9.64. The fraction of sp³-hybridized carbons (Fsp3) is 0.909. The van der Waals surface area contributed by atoms with Crippen molar-refractivity contribution >= 4 is 6.03 Å². The monoisotopic (exact) mass is 213 g/mol. The van der Waals surface area contributed by atoms with Crippen LogP contribution in [0.3, 0.4) is 0 Å². The number of carbonyl (C=O) groups excluding carboxylic acids is 1. The molecular formula is C11H23N3O. The maximum Gasteiger partial charge on any atom is 0.315 e. The van der Waals surface area contributed by atoms with Gasteiger partial charge < -0.3 is 16.0 Å². The molecular weight excluding hydrogens is 190 g/mol. The zero-order valence-electron chi connectivity index (χ0n) is 9.64. The molecule has 1 unspecified atom stereocenters. The Hall–Kier alpha value is -0.770. The van der Waals surface area contributed by atoms with Crippen LogP contribution in [0.2, 0.25) is 0 Å². The number of amides is 2. The first kappa shape index (κ1) is 12.3. The lowest BCUT2D eigenvalue weighted by molar-refractivity contribution is 0.235. The molecule has 1 aliphatic heterocycles. The van der Waals surface area contributed by atoms with Crippen LogP contribution in [-0.2, 0) is 0 Å². The summed E-state index contributed by atoms with van der Waals surface area (Å²) in [6.07, 6.45) is 5.46. The van der Waals surface area contributed by atoms with Crippen LogP contribution in [-0.4, -0.2) is 31.7 Å². The molecule has 0 aliphatic carbocycles. The molecule has 0 bridgehead atoms. The summed E-state index contributed by atoms with van der Waals surface area (Å²) in [4.78, 5) is 11.5. The standard InChI is InChI=1S/C11H23N3O/c1-2-3-8-13-11(15)14-10-5-4-7-12-9-6-10/h10,12H,2-9H2,1H3,(H2,13,14,15). The van der Waals surface area contributed by atoms with Gasteiger partial charge in [0.05, 0.1) is 0 Å². The van der Waals surface area contributed by atoms with Crippen molar-refractivity contribution in [1.29, 1.82) is 0 Å². The van der Waals surface area contributed by atoms with E-state index in [4.69, 9.17) is 0 Å². The molecule has 1 aliphatic rings. The molecule has 1 fully saturated rings. The van der Waals surface area contributed by atoms with Crippen LogP contribution in [0.15, 0.2) is 0 Å². The Balaban J connectivity index is 2.12. The molecule has 4 nitrogen and oxygen atoms in total. The van der Waals surface area contributed by atoms with Crippen LogP contribution in [0.4, 0.5) is 4.79 Å². The first-order valence-corrected chi connectivity index (χ1v) is 6.08. The van der Waals surface area contributed by atoms with Crippen molar-refractivity contribution in [3.63, 3.8) is 0 Å². The van der Waals surface area contributed by atoms with Gasteiger partial charge in [0.1, 0.15) is 0 Å². The highest BCUT2D eigenvalue weighted by molar-refractivity contribution is 5.74. The summed E-state index contributed by atoms with van der Waals surface area (Å²) in [6.45, 7) is 5.00. The SMILES string of the molecule is CCCCNC(=O)NC1CCCNCC1. The number of rotatable bonds is 4. The summed E-state index contributed by atoms with van der Waals surface area (Å²) in [5.74, 6) is 0. The van der Waals surface area contributed by atoms with E-state index in [1.807, 2.05) is 0 Å². The minimum atomic E-state index is -0.00431. The second kappa shape index (κ2) is 7.51. The summed E-state index contributed by atoms with van der Waals surface area (Å²) in [5.41, 5.74) is 0. The Bertz CT molecular complexity index is 177. The molecule has 0 spiro atoms. The summed E-state index contributed by atoms with van der Waals surface area (Å²) in [5, 5.41) is 9.24.